The van der Waals surface area contributed by atoms with Crippen molar-refractivity contribution in [2.24, 2.45) is 5.73 Å². The molecule has 0 unspecified atom stereocenters. The zero-order chi connectivity index (χ0) is 36.8. The average Bonchev–Trinajstić information content (AvgIpc) is 3.05. The van der Waals surface area contributed by atoms with Gasteiger partial charge in [-0.25, -0.2) is 4.79 Å². The molecule has 49 heavy (non-hydrogen) atoms. The summed E-state index contributed by atoms with van der Waals surface area (Å²) in [5.41, 5.74) is 5.51. The highest BCUT2D eigenvalue weighted by atomic mass is 16.8. The van der Waals surface area contributed by atoms with Gasteiger partial charge in [0, 0.05) is 26.8 Å². The van der Waals surface area contributed by atoms with Crippen LogP contribution in [0, 0.1) is 0 Å². The van der Waals surface area contributed by atoms with Crippen LogP contribution in [-0.4, -0.2) is 199 Å². The lowest BCUT2D eigenvalue weighted by Gasteiger charge is -2.51. The number of amides is 2. The number of hydrogen-bond acceptors (Lipinski definition) is 19. The topological polar surface area (TPSA) is 359 Å². The number of aliphatic hydroxyl groups is 9. The van der Waals surface area contributed by atoms with E-state index in [1.54, 1.807) is 0 Å². The van der Waals surface area contributed by atoms with Gasteiger partial charge in [0.05, 0.1) is 38.6 Å². The van der Waals surface area contributed by atoms with E-state index in [4.69, 9.17) is 34.2 Å². The van der Waals surface area contributed by atoms with Crippen LogP contribution in [0.4, 0.5) is 0 Å². The maximum atomic E-state index is 12.7. The van der Waals surface area contributed by atoms with E-state index in [0.717, 1.165) is 13.8 Å². The number of hydrogen-bond donors (Lipinski definition) is 13. The molecule has 0 saturated carbocycles. The van der Waals surface area contributed by atoms with Gasteiger partial charge in [-0.05, 0) is 0 Å². The molecule has 0 spiro atoms. The molecule has 3 rings (SSSR count). The second kappa shape index (κ2) is 17.8. The Kier molecular flexibility index (Phi) is 15.0. The number of nitrogens with one attached hydrogen (secondary N) is 2. The van der Waals surface area contributed by atoms with E-state index in [1.165, 1.54) is 0 Å². The first kappa shape index (κ1) is 41.2. The quantitative estimate of drug-likeness (QED) is 0.0748. The summed E-state index contributed by atoms with van der Waals surface area (Å²) in [6.45, 7) is -0.721. The smallest absolute Gasteiger partial charge is 0.364 e. The summed E-state index contributed by atoms with van der Waals surface area (Å²) in [7, 11) is 0. The van der Waals surface area contributed by atoms with Gasteiger partial charge in [0.25, 0.3) is 5.79 Å². The van der Waals surface area contributed by atoms with E-state index in [1.807, 2.05) is 0 Å². The number of carboxylic acids is 1. The third-order valence-corrected chi connectivity index (χ3v) is 8.25. The predicted octanol–water partition coefficient (Wildman–Crippen LogP) is -8.10. The summed E-state index contributed by atoms with van der Waals surface area (Å²) in [5, 5.41) is 109. The second-order valence-corrected chi connectivity index (χ2v) is 11.9. The molecule has 0 aromatic carbocycles. The van der Waals surface area contributed by atoms with Gasteiger partial charge in [0.2, 0.25) is 11.8 Å². The van der Waals surface area contributed by atoms with Gasteiger partial charge in [0.1, 0.15) is 67.1 Å². The first-order valence-electron chi connectivity index (χ1n) is 15.4. The van der Waals surface area contributed by atoms with Crippen LogP contribution in [0.15, 0.2) is 0 Å². The highest BCUT2D eigenvalue weighted by Gasteiger charge is 2.60. The van der Waals surface area contributed by atoms with Gasteiger partial charge in [0.15, 0.2) is 12.6 Å². The molecule has 0 aromatic rings. The molecule has 22 nitrogen and oxygen atoms in total. The number of ether oxygens (including phenoxy) is 6. The Hall–Kier alpha value is -2.23. The molecule has 3 aliphatic heterocycles. The monoisotopic (exact) mass is 717 g/mol. The zero-order valence-corrected chi connectivity index (χ0v) is 26.6. The molecule has 3 fully saturated rings. The molecule has 3 saturated heterocycles. The molecule has 3 aliphatic rings. The predicted molar refractivity (Wildman–Crippen MR) is 154 cm³/mol. The Bertz CT molecular complexity index is 1110. The normalized spacial score (nSPS) is 41.0. The molecule has 22 heteroatoms. The first-order chi connectivity index (χ1) is 23.0. The summed E-state index contributed by atoms with van der Waals surface area (Å²) in [6, 6.07) is -2.89. The van der Waals surface area contributed by atoms with Crippen LogP contribution in [0.3, 0.4) is 0 Å². The number of carbonyl (C=O) groups is 3. The van der Waals surface area contributed by atoms with Crippen molar-refractivity contribution in [3.8, 4) is 0 Å². The largest absolute Gasteiger partial charge is 0.477 e. The maximum absolute atomic E-state index is 12.7. The number of rotatable bonds is 15. The minimum atomic E-state index is -3.04. The minimum absolute atomic E-state index is 0.00849. The highest BCUT2D eigenvalue weighted by molar-refractivity contribution is 5.76. The Balaban J connectivity index is 1.99. The van der Waals surface area contributed by atoms with Crippen LogP contribution in [-0.2, 0) is 42.8 Å². The zero-order valence-electron chi connectivity index (χ0n) is 26.6. The number of carbonyl (C=O) groups excluding carboxylic acids is 2. The van der Waals surface area contributed by atoms with E-state index >= 15 is 0 Å². The van der Waals surface area contributed by atoms with Crippen molar-refractivity contribution in [2.45, 2.75) is 118 Å². The fourth-order valence-electron chi connectivity index (χ4n) is 5.87. The van der Waals surface area contributed by atoms with Crippen molar-refractivity contribution >= 4 is 17.8 Å². The van der Waals surface area contributed by atoms with Crippen molar-refractivity contribution in [1.82, 2.24) is 10.6 Å². The Morgan fingerprint density at radius 2 is 1.43 bits per heavy atom. The van der Waals surface area contributed by atoms with Gasteiger partial charge in [-0.15, -0.1) is 0 Å². The SMILES string of the molecule is CC(=O)N[C@H]1[C@@H](OCCN)O[C@H](CO)[C@H](O)[C@@H]1O[C@@H]1O[C@H](CO)[C@H](O)[C@H](O[C@@]2(C(=O)O)C[C@H](O)[C@@H](NC(C)=O)[C@H]([C@H](O)[C@H](O)CO)O2)[C@H]1O. The molecule has 0 aromatic heterocycles. The van der Waals surface area contributed by atoms with Crippen LogP contribution >= 0.6 is 0 Å². The highest BCUT2D eigenvalue weighted by Crippen LogP contribution is 2.38. The van der Waals surface area contributed by atoms with Gasteiger partial charge < -0.3 is 95.9 Å². The van der Waals surface area contributed by atoms with Gasteiger partial charge in [-0.2, -0.15) is 0 Å². The Morgan fingerprint density at radius 1 is 0.878 bits per heavy atom. The number of carboxylic acid groups (broad SMARTS) is 1. The maximum Gasteiger partial charge on any atom is 0.364 e. The Morgan fingerprint density at radius 3 is 1.94 bits per heavy atom. The molecule has 284 valence electrons. The molecular weight excluding hydrogens is 670 g/mol. The average molecular weight is 718 g/mol. The van der Waals surface area contributed by atoms with Crippen LogP contribution in [0.2, 0.25) is 0 Å². The van der Waals surface area contributed by atoms with Crippen LogP contribution in [0.1, 0.15) is 20.3 Å². The molecular formula is C27H47N3O19. The standard InChI is InChI=1S/C27H47N3O19/c1-9(34)29-15-11(36)5-27(26(42)43,48-22(15)17(38)12(37)6-31)49-23-19(40)14(8-33)46-25(20(23)41)47-21-16(30-10(2)35)24(44-4-3-28)45-13(7-32)18(21)39/h11-25,31-33,36-41H,3-8,28H2,1-2H3,(H,29,34)(H,30,35)(H,42,43)/t11-,12+,13+,14+,15+,16+,17+,18-,19-,20+,21+,22+,23-,24-,25-,27+/m0/s1. The fraction of sp³-hybridized carbons (Fsp3) is 0.889. The van der Waals surface area contributed by atoms with Gasteiger partial charge in [-0.1, -0.05) is 0 Å². The van der Waals surface area contributed by atoms with Crippen LogP contribution < -0.4 is 16.4 Å². The summed E-state index contributed by atoms with van der Waals surface area (Å²) in [4.78, 5) is 36.6. The summed E-state index contributed by atoms with van der Waals surface area (Å²) >= 11 is 0. The molecule has 0 aliphatic carbocycles. The lowest BCUT2D eigenvalue weighted by Crippen LogP contribution is -2.71. The molecule has 2 amide bonds. The number of aliphatic hydroxyl groups excluding tert-OH is 9. The molecule has 16 atom stereocenters. The lowest BCUT2D eigenvalue weighted by atomic mass is 9.88. The lowest BCUT2D eigenvalue weighted by molar-refractivity contribution is -0.381. The van der Waals surface area contributed by atoms with Gasteiger partial charge in [-0.3, -0.25) is 9.59 Å². The Labute approximate surface area is 279 Å². The van der Waals surface area contributed by atoms with E-state index in [2.05, 4.69) is 10.6 Å². The fourth-order valence-corrected chi connectivity index (χ4v) is 5.87. The second-order valence-electron chi connectivity index (χ2n) is 11.9. The van der Waals surface area contributed by atoms with Crippen molar-refractivity contribution in [3.05, 3.63) is 0 Å². The van der Waals surface area contributed by atoms with Crippen molar-refractivity contribution in [3.63, 3.8) is 0 Å². The summed E-state index contributed by atoms with van der Waals surface area (Å²) in [5.74, 6) is -6.40. The molecule has 0 bridgehead atoms. The van der Waals surface area contributed by atoms with Crippen molar-refractivity contribution in [2.75, 3.05) is 33.0 Å². The summed E-state index contributed by atoms with van der Waals surface area (Å²) < 4.78 is 33.7. The van der Waals surface area contributed by atoms with Gasteiger partial charge >= 0.3 is 5.97 Å². The minimum Gasteiger partial charge on any atom is -0.477 e. The van der Waals surface area contributed by atoms with E-state index < -0.39 is 142 Å². The van der Waals surface area contributed by atoms with E-state index in [0.29, 0.717) is 0 Å². The summed E-state index contributed by atoms with van der Waals surface area (Å²) in [6.07, 6.45) is -25.0. The van der Waals surface area contributed by atoms with Crippen LogP contribution in [0.5, 0.6) is 0 Å². The van der Waals surface area contributed by atoms with Crippen molar-refractivity contribution < 1.29 is 93.9 Å². The third kappa shape index (κ3) is 9.36. The van der Waals surface area contributed by atoms with E-state index in [9.17, 15) is 65.4 Å². The number of aliphatic carboxylic acids is 1. The van der Waals surface area contributed by atoms with Crippen LogP contribution in [0.25, 0.3) is 0 Å². The van der Waals surface area contributed by atoms with Crippen molar-refractivity contribution in [1.29, 1.82) is 0 Å². The first-order valence-corrected chi connectivity index (χ1v) is 15.4. The molecule has 0 radical (unpaired) electrons. The molecule has 3 heterocycles. The third-order valence-electron chi connectivity index (χ3n) is 8.25. The number of nitrogens with two attached hydrogens (primary N) is 1. The molecule has 14 N–H and O–H groups in total. The van der Waals surface area contributed by atoms with E-state index in [-0.39, 0.29) is 13.2 Å².